The van der Waals surface area contributed by atoms with Gasteiger partial charge in [-0.1, -0.05) is 44.6 Å². The molecule has 12 nitrogen and oxygen atoms in total. The van der Waals surface area contributed by atoms with Crippen molar-refractivity contribution >= 4 is 40.1 Å². The van der Waals surface area contributed by atoms with Gasteiger partial charge in [0.15, 0.2) is 0 Å². The zero-order valence-electron chi connectivity index (χ0n) is 32.2. The molecule has 6 rings (SSSR count). The number of aromatic nitrogens is 2. The molecule has 13 heteroatoms. The number of carboxylic acid groups (broad SMARTS) is 1. The fourth-order valence-electron chi connectivity index (χ4n) is 7.14. The third kappa shape index (κ3) is 9.38. The molecule has 4 aromatic rings. The second-order valence-electron chi connectivity index (χ2n) is 14.5. The lowest BCUT2D eigenvalue weighted by Crippen LogP contribution is -2.53. The van der Waals surface area contributed by atoms with Crippen LogP contribution in [0.4, 0.5) is 4.79 Å². The number of aryl methyl sites for hydroxylation is 1. The highest BCUT2D eigenvalue weighted by Crippen LogP contribution is 2.38. The Morgan fingerprint density at radius 2 is 1.78 bits per heavy atom. The largest absolute Gasteiger partial charge is 0.497 e. The second kappa shape index (κ2) is 18.0. The lowest BCUT2D eigenvalue weighted by atomic mass is 10.1. The molecule has 0 bridgehead atoms. The average Bonchev–Trinajstić information content (AvgIpc) is 3.85. The van der Waals surface area contributed by atoms with Crippen molar-refractivity contribution in [3.05, 3.63) is 76.8 Å². The minimum Gasteiger partial charge on any atom is -0.497 e. The molecule has 4 heterocycles. The summed E-state index contributed by atoms with van der Waals surface area (Å²) >= 11 is 1.52. The Morgan fingerprint density at radius 1 is 1.00 bits per heavy atom. The van der Waals surface area contributed by atoms with Crippen LogP contribution in [0.15, 0.2) is 60.0 Å². The molecular formula is C42H51N5O7S. The molecule has 3 atom stereocenters. The highest BCUT2D eigenvalue weighted by Gasteiger charge is 2.43. The number of fused-ring (bicyclic) bond motifs is 2. The van der Waals surface area contributed by atoms with Gasteiger partial charge < -0.3 is 34.4 Å². The van der Waals surface area contributed by atoms with E-state index in [1.807, 2.05) is 60.8 Å². The van der Waals surface area contributed by atoms with Crippen LogP contribution in [-0.2, 0) is 16.1 Å². The molecule has 3 amide bonds. The highest BCUT2D eigenvalue weighted by molar-refractivity contribution is 7.13. The zero-order valence-corrected chi connectivity index (χ0v) is 33.1. The van der Waals surface area contributed by atoms with Crippen LogP contribution in [0.5, 0.6) is 17.2 Å². The van der Waals surface area contributed by atoms with E-state index < -0.39 is 30.1 Å². The molecule has 2 aromatic carbocycles. The Hall–Kier alpha value is -5.17. The molecule has 0 aliphatic carbocycles. The highest BCUT2D eigenvalue weighted by atomic mass is 32.1. The van der Waals surface area contributed by atoms with E-state index in [4.69, 9.17) is 24.2 Å². The molecule has 2 aromatic heterocycles. The summed E-state index contributed by atoms with van der Waals surface area (Å²) in [6.45, 7) is 7.10. The number of allylic oxidation sites excluding steroid dienone is 2. The number of pyridine rings is 1. The van der Waals surface area contributed by atoms with Crippen molar-refractivity contribution in [1.82, 2.24) is 25.1 Å². The first-order chi connectivity index (χ1) is 26.6. The number of aliphatic carboxylic acids is 1. The number of nitrogens with zero attached hydrogens (tertiary/aromatic N) is 4. The van der Waals surface area contributed by atoms with Crippen LogP contribution in [0.3, 0.4) is 0 Å². The molecule has 0 radical (unpaired) electrons. The fraction of sp³-hybridized carbons (Fsp3) is 0.452. The van der Waals surface area contributed by atoms with Crippen LogP contribution in [0.1, 0.15) is 81.5 Å². The Labute approximate surface area is 326 Å². The monoisotopic (exact) mass is 769 g/mol. The molecule has 1 saturated heterocycles. The predicted octanol–water partition coefficient (Wildman–Crippen LogP) is 7.73. The van der Waals surface area contributed by atoms with E-state index in [1.165, 1.54) is 11.3 Å². The first-order valence-electron chi connectivity index (χ1n) is 19.0. The number of thiazole rings is 1. The third-order valence-electron chi connectivity index (χ3n) is 10.3. The Morgan fingerprint density at radius 3 is 2.49 bits per heavy atom. The van der Waals surface area contributed by atoms with Gasteiger partial charge in [-0.3, -0.25) is 4.79 Å². The molecule has 0 saturated carbocycles. The molecule has 2 N–H and O–H groups in total. The van der Waals surface area contributed by atoms with Gasteiger partial charge in [-0.2, -0.15) is 0 Å². The summed E-state index contributed by atoms with van der Waals surface area (Å²) < 4.78 is 17.8. The van der Waals surface area contributed by atoms with Crippen LogP contribution in [-0.4, -0.2) is 88.3 Å². The van der Waals surface area contributed by atoms with Crippen LogP contribution < -0.4 is 19.5 Å². The minimum atomic E-state index is -1.11. The van der Waals surface area contributed by atoms with Crippen molar-refractivity contribution in [3.8, 4) is 28.0 Å². The van der Waals surface area contributed by atoms with Crippen LogP contribution in [0, 0.1) is 6.92 Å². The van der Waals surface area contributed by atoms with Crippen molar-refractivity contribution in [2.75, 3.05) is 27.3 Å². The number of methoxy groups -OCH3 is 2. The summed E-state index contributed by atoms with van der Waals surface area (Å²) in [6.07, 6.45) is 7.93. The number of benzene rings is 2. The molecule has 55 heavy (non-hydrogen) atoms. The summed E-state index contributed by atoms with van der Waals surface area (Å²) in [4.78, 5) is 54.3. The van der Waals surface area contributed by atoms with Gasteiger partial charge in [0.2, 0.25) is 5.91 Å². The standard InChI is InChI=1S/C42H51N5O7S/c1-26(2)34-25-55-40(45-34)33-22-37(31-18-19-36(53-5)27(3)38(31)43-33)54-30-21-35-39(48)44-32(41(49)50)13-11-9-7-6-8-10-12-20-46(42(51)47(35)24-30)23-28-14-16-29(52-4)17-15-28/h7,9,14-19,22,25-26,30,32,35H,6,8,10-13,20-21,23-24H2,1-5H3,(H,44,48)(H,49,50). The smallest absolute Gasteiger partial charge is 0.326 e. The number of carbonyl (C=O) groups is 3. The topological polar surface area (TPSA) is 143 Å². The van der Waals surface area contributed by atoms with E-state index in [0.29, 0.717) is 42.2 Å². The van der Waals surface area contributed by atoms with Crippen LogP contribution in [0.2, 0.25) is 0 Å². The van der Waals surface area contributed by atoms with Gasteiger partial charge in [-0.15, -0.1) is 11.3 Å². The van der Waals surface area contributed by atoms with Gasteiger partial charge in [-0.25, -0.2) is 19.6 Å². The number of carboxylic acids is 1. The third-order valence-corrected chi connectivity index (χ3v) is 11.2. The number of hydrogen-bond acceptors (Lipinski definition) is 9. The van der Waals surface area contributed by atoms with Gasteiger partial charge in [0.1, 0.15) is 46.1 Å². The van der Waals surface area contributed by atoms with Crippen LogP contribution >= 0.6 is 11.3 Å². The summed E-state index contributed by atoms with van der Waals surface area (Å²) in [5.74, 6) is 0.580. The molecule has 2 aliphatic rings. The summed E-state index contributed by atoms with van der Waals surface area (Å²) in [7, 11) is 3.23. The van der Waals surface area contributed by atoms with Gasteiger partial charge in [0, 0.05) is 41.9 Å². The summed E-state index contributed by atoms with van der Waals surface area (Å²) in [5, 5.41) is 16.4. The molecular weight excluding hydrogens is 719 g/mol. The normalized spacial score (nSPS) is 20.1. The van der Waals surface area contributed by atoms with Crippen molar-refractivity contribution in [2.45, 2.75) is 96.4 Å². The number of nitrogens with one attached hydrogen (secondary N) is 1. The van der Waals surface area contributed by atoms with E-state index in [9.17, 15) is 19.5 Å². The molecule has 2 aliphatic heterocycles. The number of ether oxygens (including phenoxy) is 3. The number of amides is 3. The fourth-order valence-corrected chi connectivity index (χ4v) is 8.08. The molecule has 1 fully saturated rings. The van der Waals surface area contributed by atoms with Gasteiger partial charge in [0.05, 0.1) is 32.0 Å². The van der Waals surface area contributed by atoms with E-state index in [1.54, 1.807) is 24.0 Å². The molecule has 3 unspecified atom stereocenters. The van der Waals surface area contributed by atoms with Crippen molar-refractivity contribution < 1.29 is 33.7 Å². The van der Waals surface area contributed by atoms with Gasteiger partial charge >= 0.3 is 12.0 Å². The quantitative estimate of drug-likeness (QED) is 0.164. The van der Waals surface area contributed by atoms with Crippen molar-refractivity contribution in [2.24, 2.45) is 0 Å². The first-order valence-corrected chi connectivity index (χ1v) is 19.9. The molecule has 0 spiro atoms. The summed E-state index contributed by atoms with van der Waals surface area (Å²) in [5.41, 5.74) is 4.10. The number of rotatable bonds is 9. The van der Waals surface area contributed by atoms with Gasteiger partial charge in [-0.05, 0) is 74.8 Å². The number of hydrogen-bond donors (Lipinski definition) is 2. The second-order valence-corrected chi connectivity index (χ2v) is 15.4. The summed E-state index contributed by atoms with van der Waals surface area (Å²) in [6, 6.07) is 10.9. The predicted molar refractivity (Wildman–Crippen MR) is 213 cm³/mol. The van der Waals surface area contributed by atoms with E-state index in [-0.39, 0.29) is 31.3 Å². The first kappa shape index (κ1) is 39.5. The molecule has 292 valence electrons. The van der Waals surface area contributed by atoms with Crippen LogP contribution in [0.25, 0.3) is 21.6 Å². The van der Waals surface area contributed by atoms with E-state index >= 15 is 0 Å². The van der Waals surface area contributed by atoms with E-state index in [0.717, 1.165) is 58.6 Å². The Balaban J connectivity index is 1.36. The SMILES string of the molecule is COc1ccc(CN2CCCCCC=CCCC(C(=O)O)NC(=O)C3CC(Oc4cc(-c5nc(C(C)C)cs5)nc5c(C)c(OC)ccc45)CN3C2=O)cc1. The average molecular weight is 770 g/mol. The van der Waals surface area contributed by atoms with E-state index in [2.05, 4.69) is 25.2 Å². The maximum atomic E-state index is 14.7. The maximum Gasteiger partial charge on any atom is 0.326 e. The van der Waals surface area contributed by atoms with Crippen molar-refractivity contribution in [1.29, 1.82) is 0 Å². The lowest BCUT2D eigenvalue weighted by Gasteiger charge is -2.32. The Bertz CT molecular complexity index is 2010. The number of urea groups is 1. The van der Waals surface area contributed by atoms with Gasteiger partial charge in [0.25, 0.3) is 0 Å². The lowest BCUT2D eigenvalue weighted by molar-refractivity contribution is -0.142. The number of carbonyl (C=O) groups excluding carboxylic acids is 2. The Kier molecular flexibility index (Phi) is 12.9. The zero-order chi connectivity index (χ0) is 39.1. The van der Waals surface area contributed by atoms with Crippen molar-refractivity contribution in [3.63, 3.8) is 0 Å². The minimum absolute atomic E-state index is 0.125. The maximum absolute atomic E-state index is 14.7.